The SMILES string of the molecule is O=Cc1ccc(-c2ccc(Cl)cc2O)o1. The fraction of sp³-hybridized carbons (Fsp3) is 0. The Bertz CT molecular complexity index is 502. The molecule has 0 saturated heterocycles. The Hall–Kier alpha value is -1.74. The number of benzene rings is 1. The number of carbonyl (C=O) groups is 1. The number of phenolic OH excluding ortho intramolecular Hbond substituents is 1. The third-order valence-electron chi connectivity index (χ3n) is 1.97. The topological polar surface area (TPSA) is 50.4 Å². The van der Waals surface area contributed by atoms with E-state index in [2.05, 4.69) is 0 Å². The van der Waals surface area contributed by atoms with Crippen LogP contribution in [0.3, 0.4) is 0 Å². The molecular formula is C11H7ClO3. The maximum Gasteiger partial charge on any atom is 0.185 e. The third-order valence-corrected chi connectivity index (χ3v) is 2.20. The van der Waals surface area contributed by atoms with Gasteiger partial charge in [0.05, 0.1) is 5.56 Å². The number of phenols is 1. The van der Waals surface area contributed by atoms with E-state index in [0.717, 1.165) is 0 Å². The molecule has 1 aromatic carbocycles. The van der Waals surface area contributed by atoms with Crippen molar-refractivity contribution in [2.75, 3.05) is 0 Å². The van der Waals surface area contributed by atoms with Crippen LogP contribution in [0.4, 0.5) is 0 Å². The summed E-state index contributed by atoms with van der Waals surface area (Å²) >= 11 is 5.69. The predicted molar refractivity (Wildman–Crippen MR) is 56.2 cm³/mol. The number of hydrogen-bond acceptors (Lipinski definition) is 3. The molecule has 1 heterocycles. The number of aromatic hydroxyl groups is 1. The van der Waals surface area contributed by atoms with Crippen LogP contribution in [-0.4, -0.2) is 11.4 Å². The Kier molecular flexibility index (Phi) is 2.47. The zero-order valence-corrected chi connectivity index (χ0v) is 8.36. The molecule has 1 aromatic heterocycles. The first-order chi connectivity index (χ1) is 7.20. The molecule has 0 unspecified atom stereocenters. The molecule has 15 heavy (non-hydrogen) atoms. The van der Waals surface area contributed by atoms with Gasteiger partial charge in [0.25, 0.3) is 0 Å². The van der Waals surface area contributed by atoms with Crippen LogP contribution in [0, 0.1) is 0 Å². The Balaban J connectivity index is 2.49. The molecule has 1 N–H and O–H groups in total. The Labute approximate surface area is 90.9 Å². The normalized spacial score (nSPS) is 10.2. The molecule has 2 aromatic rings. The van der Waals surface area contributed by atoms with Crippen molar-refractivity contribution in [3.05, 3.63) is 41.1 Å². The molecule has 0 aliphatic heterocycles. The Morgan fingerprint density at radius 2 is 2.07 bits per heavy atom. The second-order valence-corrected chi connectivity index (χ2v) is 3.42. The maximum absolute atomic E-state index is 10.4. The molecule has 3 nitrogen and oxygen atoms in total. The van der Waals surface area contributed by atoms with Crippen molar-refractivity contribution in [3.63, 3.8) is 0 Å². The van der Waals surface area contributed by atoms with Gasteiger partial charge in [0.1, 0.15) is 11.5 Å². The van der Waals surface area contributed by atoms with Crippen LogP contribution in [0.25, 0.3) is 11.3 Å². The van der Waals surface area contributed by atoms with Crippen molar-refractivity contribution >= 4 is 17.9 Å². The summed E-state index contributed by atoms with van der Waals surface area (Å²) in [5.74, 6) is 0.680. The number of hydrogen-bond donors (Lipinski definition) is 1. The van der Waals surface area contributed by atoms with E-state index in [9.17, 15) is 9.90 Å². The summed E-state index contributed by atoms with van der Waals surface area (Å²) in [7, 11) is 0. The molecule has 4 heteroatoms. The van der Waals surface area contributed by atoms with Gasteiger partial charge in [-0.3, -0.25) is 4.79 Å². The number of furan rings is 1. The maximum atomic E-state index is 10.4. The van der Waals surface area contributed by atoms with Crippen LogP contribution in [0.15, 0.2) is 34.7 Å². The number of halogens is 1. The molecular weight excluding hydrogens is 216 g/mol. The lowest BCUT2D eigenvalue weighted by atomic mass is 10.1. The van der Waals surface area contributed by atoms with E-state index in [1.165, 1.54) is 12.1 Å². The smallest absolute Gasteiger partial charge is 0.185 e. The van der Waals surface area contributed by atoms with Gasteiger partial charge in [-0.15, -0.1) is 0 Å². The van der Waals surface area contributed by atoms with Gasteiger partial charge >= 0.3 is 0 Å². The van der Waals surface area contributed by atoms with Crippen molar-refractivity contribution in [2.24, 2.45) is 0 Å². The average molecular weight is 223 g/mol. The highest BCUT2D eigenvalue weighted by Crippen LogP contribution is 2.32. The van der Waals surface area contributed by atoms with Crippen LogP contribution < -0.4 is 0 Å². The van der Waals surface area contributed by atoms with Gasteiger partial charge in [0.2, 0.25) is 0 Å². The van der Waals surface area contributed by atoms with Gasteiger partial charge in [-0.2, -0.15) is 0 Å². The second-order valence-electron chi connectivity index (χ2n) is 2.98. The van der Waals surface area contributed by atoms with E-state index >= 15 is 0 Å². The van der Waals surface area contributed by atoms with Crippen molar-refractivity contribution in [3.8, 4) is 17.1 Å². The Morgan fingerprint density at radius 3 is 2.67 bits per heavy atom. The molecule has 0 saturated carbocycles. The highest BCUT2D eigenvalue weighted by atomic mass is 35.5. The van der Waals surface area contributed by atoms with E-state index < -0.39 is 0 Å². The third kappa shape index (κ3) is 1.87. The molecule has 0 spiro atoms. The summed E-state index contributed by atoms with van der Waals surface area (Å²) in [4.78, 5) is 10.4. The number of rotatable bonds is 2. The molecule has 0 bridgehead atoms. The molecule has 0 aliphatic carbocycles. The highest BCUT2D eigenvalue weighted by Gasteiger charge is 2.09. The molecule has 76 valence electrons. The lowest BCUT2D eigenvalue weighted by molar-refractivity contribution is 0.110. The number of aldehydes is 1. The van der Waals surface area contributed by atoms with Crippen molar-refractivity contribution in [1.29, 1.82) is 0 Å². The summed E-state index contributed by atoms with van der Waals surface area (Å²) in [6, 6.07) is 7.84. The first-order valence-electron chi connectivity index (χ1n) is 4.24. The van der Waals surface area contributed by atoms with Crippen molar-refractivity contribution in [1.82, 2.24) is 0 Å². The largest absolute Gasteiger partial charge is 0.507 e. The molecule has 0 radical (unpaired) electrons. The first-order valence-corrected chi connectivity index (χ1v) is 4.62. The fourth-order valence-electron chi connectivity index (χ4n) is 1.27. The van der Waals surface area contributed by atoms with Gasteiger partial charge in [0.15, 0.2) is 12.0 Å². The fourth-order valence-corrected chi connectivity index (χ4v) is 1.44. The van der Waals surface area contributed by atoms with Crippen molar-refractivity contribution in [2.45, 2.75) is 0 Å². The van der Waals surface area contributed by atoms with Crippen LogP contribution >= 0.6 is 11.6 Å². The summed E-state index contributed by atoms with van der Waals surface area (Å²) in [5.41, 5.74) is 0.507. The van der Waals surface area contributed by atoms with Crippen molar-refractivity contribution < 1.29 is 14.3 Å². The summed E-state index contributed by atoms with van der Waals surface area (Å²) in [6.07, 6.45) is 0.608. The van der Waals surface area contributed by atoms with E-state index in [0.29, 0.717) is 22.6 Å². The average Bonchev–Trinajstić information content (AvgIpc) is 2.66. The van der Waals surface area contributed by atoms with Gasteiger partial charge < -0.3 is 9.52 Å². The minimum atomic E-state index is 0.0225. The van der Waals surface area contributed by atoms with E-state index in [-0.39, 0.29) is 11.5 Å². The highest BCUT2D eigenvalue weighted by molar-refractivity contribution is 6.30. The summed E-state index contributed by atoms with van der Waals surface area (Å²) in [6.45, 7) is 0. The molecule has 0 aliphatic rings. The van der Waals surface area contributed by atoms with Crippen LogP contribution in [-0.2, 0) is 0 Å². The Morgan fingerprint density at radius 1 is 1.27 bits per heavy atom. The minimum Gasteiger partial charge on any atom is -0.507 e. The predicted octanol–water partition coefficient (Wildman–Crippen LogP) is 3.12. The lowest BCUT2D eigenvalue weighted by Crippen LogP contribution is -1.76. The molecule has 2 rings (SSSR count). The quantitative estimate of drug-likeness (QED) is 0.795. The van der Waals surface area contributed by atoms with E-state index in [1.54, 1.807) is 18.2 Å². The zero-order chi connectivity index (χ0) is 10.8. The summed E-state index contributed by atoms with van der Waals surface area (Å²) in [5, 5.41) is 10.0. The monoisotopic (exact) mass is 222 g/mol. The van der Waals surface area contributed by atoms with E-state index in [4.69, 9.17) is 16.0 Å². The molecule has 0 fully saturated rings. The van der Waals surface area contributed by atoms with Gasteiger partial charge in [-0.25, -0.2) is 0 Å². The van der Waals surface area contributed by atoms with Crippen LogP contribution in [0.1, 0.15) is 10.6 Å². The van der Waals surface area contributed by atoms with Gasteiger partial charge in [-0.05, 0) is 30.3 Å². The minimum absolute atomic E-state index is 0.0225. The van der Waals surface area contributed by atoms with E-state index in [1.807, 2.05) is 0 Å². The molecule has 0 atom stereocenters. The second kappa shape index (κ2) is 3.79. The van der Waals surface area contributed by atoms with Crippen LogP contribution in [0.5, 0.6) is 5.75 Å². The number of carbonyl (C=O) groups excluding carboxylic acids is 1. The summed E-state index contributed by atoms with van der Waals surface area (Å²) < 4.78 is 5.17. The molecule has 0 amide bonds. The lowest BCUT2D eigenvalue weighted by Gasteiger charge is -2.00. The zero-order valence-electron chi connectivity index (χ0n) is 7.61. The van der Waals surface area contributed by atoms with Gasteiger partial charge in [0, 0.05) is 5.02 Å². The standard InChI is InChI=1S/C11H7ClO3/c12-7-1-3-9(10(14)5-7)11-4-2-8(6-13)15-11/h1-6,14H. The first kappa shape index (κ1) is 9.80. The van der Waals surface area contributed by atoms with Gasteiger partial charge in [-0.1, -0.05) is 11.6 Å². The van der Waals surface area contributed by atoms with Crippen LogP contribution in [0.2, 0.25) is 5.02 Å².